The Labute approximate surface area is 111 Å². The van der Waals surface area contributed by atoms with Crippen molar-refractivity contribution in [3.63, 3.8) is 0 Å². The molecule has 0 unspecified atom stereocenters. The van der Waals surface area contributed by atoms with E-state index in [1.54, 1.807) is 18.2 Å². The van der Waals surface area contributed by atoms with E-state index in [-0.39, 0.29) is 23.3 Å². The number of carbonyl (C=O) groups is 2. The van der Waals surface area contributed by atoms with Crippen molar-refractivity contribution in [2.45, 2.75) is 32.1 Å². The summed E-state index contributed by atoms with van der Waals surface area (Å²) in [6.07, 6.45) is 3.94. The molecule has 2 amide bonds. The summed E-state index contributed by atoms with van der Waals surface area (Å²) in [4.78, 5) is 25.8. The van der Waals surface area contributed by atoms with Crippen LogP contribution in [0, 0.1) is 0 Å². The fourth-order valence-corrected chi connectivity index (χ4v) is 2.83. The SMILES string of the molecule is O=C1CC2=C(CCCC2)C(=O)N1c1ccccc1O. The summed E-state index contributed by atoms with van der Waals surface area (Å²) < 4.78 is 0. The fraction of sp³-hybridized carbons (Fsp3) is 0.333. The van der Waals surface area contributed by atoms with Crippen LogP contribution in [0.1, 0.15) is 32.1 Å². The van der Waals surface area contributed by atoms with Gasteiger partial charge in [-0.05, 0) is 37.8 Å². The third kappa shape index (κ3) is 1.93. The number of imide groups is 1. The molecular formula is C15H15NO3. The molecule has 0 bridgehead atoms. The zero-order valence-electron chi connectivity index (χ0n) is 10.6. The lowest BCUT2D eigenvalue weighted by atomic mass is 9.86. The molecule has 1 N–H and O–H groups in total. The summed E-state index contributed by atoms with van der Waals surface area (Å²) >= 11 is 0. The van der Waals surface area contributed by atoms with Crippen molar-refractivity contribution < 1.29 is 14.7 Å². The topological polar surface area (TPSA) is 57.6 Å². The number of aromatic hydroxyl groups is 1. The number of para-hydroxylation sites is 2. The Balaban J connectivity index is 2.04. The Kier molecular flexibility index (Phi) is 2.85. The van der Waals surface area contributed by atoms with Crippen LogP contribution >= 0.6 is 0 Å². The lowest BCUT2D eigenvalue weighted by Gasteiger charge is -2.31. The molecule has 0 saturated heterocycles. The molecule has 1 aliphatic heterocycles. The highest BCUT2D eigenvalue weighted by Gasteiger charge is 2.35. The number of benzene rings is 1. The molecule has 4 nitrogen and oxygen atoms in total. The van der Waals surface area contributed by atoms with Gasteiger partial charge in [0, 0.05) is 12.0 Å². The van der Waals surface area contributed by atoms with Gasteiger partial charge in [0.2, 0.25) is 5.91 Å². The van der Waals surface area contributed by atoms with E-state index in [1.165, 1.54) is 6.07 Å². The van der Waals surface area contributed by atoms with E-state index >= 15 is 0 Å². The van der Waals surface area contributed by atoms with Crippen LogP contribution in [-0.4, -0.2) is 16.9 Å². The van der Waals surface area contributed by atoms with Gasteiger partial charge in [0.15, 0.2) is 0 Å². The van der Waals surface area contributed by atoms with Gasteiger partial charge in [-0.25, -0.2) is 4.90 Å². The zero-order valence-corrected chi connectivity index (χ0v) is 10.6. The molecule has 3 rings (SSSR count). The summed E-state index contributed by atoms with van der Waals surface area (Å²) in [5, 5.41) is 9.83. The van der Waals surface area contributed by atoms with E-state index < -0.39 is 0 Å². The van der Waals surface area contributed by atoms with Crippen molar-refractivity contribution in [2.24, 2.45) is 0 Å². The predicted molar refractivity (Wildman–Crippen MR) is 70.7 cm³/mol. The highest BCUT2D eigenvalue weighted by molar-refractivity contribution is 6.24. The third-order valence-corrected chi connectivity index (χ3v) is 3.78. The summed E-state index contributed by atoms with van der Waals surface area (Å²) in [7, 11) is 0. The maximum absolute atomic E-state index is 12.5. The van der Waals surface area contributed by atoms with Crippen LogP contribution in [0.15, 0.2) is 35.4 Å². The smallest absolute Gasteiger partial charge is 0.261 e. The number of nitrogens with zero attached hydrogens (tertiary/aromatic N) is 1. The summed E-state index contributed by atoms with van der Waals surface area (Å²) in [6.45, 7) is 0. The van der Waals surface area contributed by atoms with Gasteiger partial charge < -0.3 is 5.11 Å². The van der Waals surface area contributed by atoms with E-state index in [4.69, 9.17) is 0 Å². The van der Waals surface area contributed by atoms with Gasteiger partial charge in [-0.3, -0.25) is 9.59 Å². The molecule has 19 heavy (non-hydrogen) atoms. The molecule has 0 radical (unpaired) electrons. The van der Waals surface area contributed by atoms with Crippen molar-refractivity contribution in [3.05, 3.63) is 35.4 Å². The minimum atomic E-state index is -0.257. The van der Waals surface area contributed by atoms with Gasteiger partial charge in [-0.2, -0.15) is 0 Å². The Bertz CT molecular complexity index is 589. The van der Waals surface area contributed by atoms with Crippen LogP contribution in [0.5, 0.6) is 5.75 Å². The number of amides is 2. The van der Waals surface area contributed by atoms with E-state index in [0.29, 0.717) is 6.42 Å². The van der Waals surface area contributed by atoms with Crippen molar-refractivity contribution in [1.29, 1.82) is 0 Å². The average molecular weight is 257 g/mol. The van der Waals surface area contributed by atoms with Gasteiger partial charge >= 0.3 is 0 Å². The molecule has 0 spiro atoms. The van der Waals surface area contributed by atoms with Crippen LogP contribution in [0.25, 0.3) is 0 Å². The van der Waals surface area contributed by atoms with Gasteiger partial charge in [0.25, 0.3) is 5.91 Å². The zero-order chi connectivity index (χ0) is 13.4. The minimum absolute atomic E-state index is 0.0379. The Morgan fingerprint density at radius 2 is 1.79 bits per heavy atom. The van der Waals surface area contributed by atoms with Gasteiger partial charge in [-0.15, -0.1) is 0 Å². The molecule has 0 fully saturated rings. The Morgan fingerprint density at radius 1 is 1.05 bits per heavy atom. The molecule has 1 aromatic rings. The molecule has 4 heteroatoms. The summed E-state index contributed by atoms with van der Waals surface area (Å²) in [5.74, 6) is -0.538. The Morgan fingerprint density at radius 3 is 2.58 bits per heavy atom. The van der Waals surface area contributed by atoms with Crippen LogP contribution in [0.4, 0.5) is 5.69 Å². The van der Waals surface area contributed by atoms with Crippen LogP contribution < -0.4 is 4.90 Å². The number of hydrogen-bond acceptors (Lipinski definition) is 3. The van der Waals surface area contributed by atoms with Crippen molar-refractivity contribution in [3.8, 4) is 5.75 Å². The van der Waals surface area contributed by atoms with Gasteiger partial charge in [0.1, 0.15) is 5.75 Å². The number of phenolic OH excluding ortho intramolecular Hbond substituents is 1. The number of rotatable bonds is 1. The van der Waals surface area contributed by atoms with Crippen molar-refractivity contribution in [1.82, 2.24) is 0 Å². The lowest BCUT2D eigenvalue weighted by molar-refractivity contribution is -0.125. The maximum Gasteiger partial charge on any atom is 0.261 e. The van der Waals surface area contributed by atoms with E-state index in [0.717, 1.165) is 41.7 Å². The number of phenols is 1. The fourth-order valence-electron chi connectivity index (χ4n) is 2.83. The third-order valence-electron chi connectivity index (χ3n) is 3.78. The molecule has 98 valence electrons. The second kappa shape index (κ2) is 4.53. The summed E-state index contributed by atoms with van der Waals surface area (Å²) in [6, 6.07) is 6.46. The molecule has 0 aromatic heterocycles. The molecule has 1 aromatic carbocycles. The average Bonchev–Trinajstić information content (AvgIpc) is 2.41. The first-order valence-corrected chi connectivity index (χ1v) is 6.54. The first-order chi connectivity index (χ1) is 9.18. The number of carbonyl (C=O) groups excluding carboxylic acids is 2. The van der Waals surface area contributed by atoms with Crippen LogP contribution in [0.2, 0.25) is 0 Å². The minimum Gasteiger partial charge on any atom is -0.506 e. The molecule has 2 aliphatic rings. The molecule has 1 aliphatic carbocycles. The second-order valence-electron chi connectivity index (χ2n) is 4.99. The molecule has 0 saturated carbocycles. The molecule has 1 heterocycles. The quantitative estimate of drug-likeness (QED) is 0.786. The first-order valence-electron chi connectivity index (χ1n) is 6.54. The molecule has 0 atom stereocenters. The van der Waals surface area contributed by atoms with E-state index in [2.05, 4.69) is 0 Å². The maximum atomic E-state index is 12.5. The largest absolute Gasteiger partial charge is 0.506 e. The highest BCUT2D eigenvalue weighted by atomic mass is 16.3. The number of anilines is 1. The van der Waals surface area contributed by atoms with Crippen molar-refractivity contribution >= 4 is 17.5 Å². The van der Waals surface area contributed by atoms with Gasteiger partial charge in [-0.1, -0.05) is 17.7 Å². The predicted octanol–water partition coefficient (Wildman–Crippen LogP) is 2.53. The van der Waals surface area contributed by atoms with Crippen molar-refractivity contribution in [2.75, 3.05) is 4.90 Å². The number of hydrogen-bond donors (Lipinski definition) is 1. The van der Waals surface area contributed by atoms with Crippen LogP contribution in [-0.2, 0) is 9.59 Å². The van der Waals surface area contributed by atoms with Crippen LogP contribution in [0.3, 0.4) is 0 Å². The second-order valence-corrected chi connectivity index (χ2v) is 4.99. The standard InChI is InChI=1S/C15H15NO3/c17-13-8-4-3-7-12(13)16-14(18)9-10-5-1-2-6-11(10)15(16)19/h3-4,7-8,17H,1-2,5-6,9H2. The summed E-state index contributed by atoms with van der Waals surface area (Å²) in [5.41, 5.74) is 2.05. The monoisotopic (exact) mass is 257 g/mol. The molecular weight excluding hydrogens is 242 g/mol. The first kappa shape index (κ1) is 12.0. The van der Waals surface area contributed by atoms with Gasteiger partial charge in [0.05, 0.1) is 5.69 Å². The van der Waals surface area contributed by atoms with E-state index in [9.17, 15) is 14.7 Å². The normalized spacial score (nSPS) is 19.7. The van der Waals surface area contributed by atoms with E-state index in [1.807, 2.05) is 0 Å². The lowest BCUT2D eigenvalue weighted by Crippen LogP contribution is -2.42. The Hall–Kier alpha value is -2.10. The highest BCUT2D eigenvalue weighted by Crippen LogP contribution is 2.37.